The number of hydrogen-bond acceptors (Lipinski definition) is 4. The molecule has 0 radical (unpaired) electrons. The van der Waals surface area contributed by atoms with E-state index in [1.54, 1.807) is 14.1 Å². The van der Waals surface area contributed by atoms with Crippen LogP contribution in [0.15, 0.2) is 30.3 Å². The summed E-state index contributed by atoms with van der Waals surface area (Å²) in [6, 6.07) is 9.58. The fourth-order valence-electron chi connectivity index (χ4n) is 1.91. The lowest BCUT2D eigenvalue weighted by Gasteiger charge is -2.17. The summed E-state index contributed by atoms with van der Waals surface area (Å²) in [5.41, 5.74) is -0.0749. The molecule has 1 heterocycles. The van der Waals surface area contributed by atoms with Gasteiger partial charge >= 0.3 is 6.18 Å². The highest BCUT2D eigenvalue weighted by Crippen LogP contribution is 2.37. The summed E-state index contributed by atoms with van der Waals surface area (Å²) in [4.78, 5) is 8.93. The molecule has 4 nitrogen and oxygen atoms in total. The Labute approximate surface area is 137 Å². The van der Waals surface area contributed by atoms with Crippen LogP contribution in [0.5, 0.6) is 0 Å². The smallest absolute Gasteiger partial charge is 0.368 e. The Bertz CT molecular complexity index is 660. The molecule has 1 N–H and O–H groups in total. The molecule has 0 unspecified atom stereocenters. The van der Waals surface area contributed by atoms with Crippen molar-refractivity contribution < 1.29 is 13.2 Å². The van der Waals surface area contributed by atoms with Gasteiger partial charge in [0.2, 0.25) is 5.95 Å². The number of nitrogens with one attached hydrogen (secondary N) is 1. The minimum atomic E-state index is -4.64. The van der Waals surface area contributed by atoms with Gasteiger partial charge in [-0.25, -0.2) is 4.98 Å². The van der Waals surface area contributed by atoms with E-state index in [9.17, 15) is 13.2 Å². The number of hydrogen-bond donors (Lipinski definition) is 1. The molecule has 0 atom stereocenters. The van der Waals surface area contributed by atoms with Gasteiger partial charge in [-0.2, -0.15) is 18.2 Å². The summed E-state index contributed by atoms with van der Waals surface area (Å²) >= 11 is 5.83. The Hall–Kier alpha value is -2.02. The molecule has 0 aliphatic rings. The lowest BCUT2D eigenvalue weighted by Crippen LogP contribution is -2.19. The number of nitrogens with zero attached hydrogens (tertiary/aromatic N) is 3. The lowest BCUT2D eigenvalue weighted by atomic mass is 10.1. The summed E-state index contributed by atoms with van der Waals surface area (Å²) in [6.45, 7) is 0.408. The van der Waals surface area contributed by atoms with Crippen LogP contribution in [0.4, 0.5) is 24.9 Å². The predicted molar refractivity (Wildman–Crippen MR) is 85.0 cm³/mol. The fourth-order valence-corrected chi connectivity index (χ4v) is 2.17. The van der Waals surface area contributed by atoms with Gasteiger partial charge in [0, 0.05) is 20.6 Å². The van der Waals surface area contributed by atoms with Gasteiger partial charge in [-0.1, -0.05) is 41.9 Å². The highest BCUT2D eigenvalue weighted by molar-refractivity contribution is 6.33. The van der Waals surface area contributed by atoms with E-state index in [2.05, 4.69) is 15.3 Å². The van der Waals surface area contributed by atoms with Crippen molar-refractivity contribution in [3.8, 4) is 0 Å². The van der Waals surface area contributed by atoms with Gasteiger partial charge in [-0.15, -0.1) is 0 Å². The SMILES string of the molecule is CN(C)c1nc(NCCc2ccccc2)c(Cl)c(C(F)(F)F)n1. The first-order valence-corrected chi connectivity index (χ1v) is 7.26. The molecule has 0 aliphatic carbocycles. The van der Waals surface area contributed by atoms with E-state index in [-0.39, 0.29) is 11.8 Å². The van der Waals surface area contributed by atoms with Crippen molar-refractivity contribution in [3.05, 3.63) is 46.6 Å². The average molecular weight is 345 g/mol. The summed E-state index contributed by atoms with van der Waals surface area (Å²) < 4.78 is 39.1. The zero-order valence-electron chi connectivity index (χ0n) is 12.7. The Morgan fingerprint density at radius 1 is 1.13 bits per heavy atom. The van der Waals surface area contributed by atoms with Gasteiger partial charge in [0.15, 0.2) is 11.5 Å². The maximum absolute atomic E-state index is 13.0. The van der Waals surface area contributed by atoms with Crippen molar-refractivity contribution in [1.82, 2.24) is 9.97 Å². The maximum Gasteiger partial charge on any atom is 0.435 e. The molecule has 0 aliphatic heterocycles. The molecule has 0 spiro atoms. The highest BCUT2D eigenvalue weighted by Gasteiger charge is 2.37. The largest absolute Gasteiger partial charge is 0.435 e. The van der Waals surface area contributed by atoms with E-state index in [0.717, 1.165) is 5.56 Å². The molecule has 124 valence electrons. The number of aromatic nitrogens is 2. The molecule has 0 saturated heterocycles. The Morgan fingerprint density at radius 3 is 2.35 bits per heavy atom. The van der Waals surface area contributed by atoms with Crippen LogP contribution in [-0.2, 0) is 12.6 Å². The third-order valence-corrected chi connectivity index (χ3v) is 3.41. The maximum atomic E-state index is 13.0. The second kappa shape index (κ2) is 7.04. The molecule has 1 aromatic carbocycles. The third kappa shape index (κ3) is 4.48. The van der Waals surface area contributed by atoms with E-state index in [1.165, 1.54) is 4.90 Å². The topological polar surface area (TPSA) is 41.1 Å². The predicted octanol–water partition coefficient (Wildman–Crippen LogP) is 3.87. The Kier molecular flexibility index (Phi) is 5.30. The van der Waals surface area contributed by atoms with Crippen LogP contribution in [0.3, 0.4) is 0 Å². The van der Waals surface area contributed by atoms with Gasteiger partial charge < -0.3 is 10.2 Å². The highest BCUT2D eigenvalue weighted by atomic mass is 35.5. The van der Waals surface area contributed by atoms with Gasteiger partial charge in [-0.05, 0) is 12.0 Å². The second-order valence-corrected chi connectivity index (χ2v) is 5.47. The van der Waals surface area contributed by atoms with Crippen LogP contribution in [0.25, 0.3) is 0 Å². The van der Waals surface area contributed by atoms with Crippen molar-refractivity contribution >= 4 is 23.4 Å². The van der Waals surface area contributed by atoms with Crippen LogP contribution in [0.2, 0.25) is 5.02 Å². The monoisotopic (exact) mass is 344 g/mol. The number of rotatable bonds is 5. The fraction of sp³-hybridized carbons (Fsp3) is 0.333. The van der Waals surface area contributed by atoms with E-state index in [1.807, 2.05) is 30.3 Å². The minimum Gasteiger partial charge on any atom is -0.368 e. The average Bonchev–Trinajstić information content (AvgIpc) is 2.48. The van der Waals surface area contributed by atoms with Crippen LogP contribution < -0.4 is 10.2 Å². The number of alkyl halides is 3. The molecule has 1 aromatic heterocycles. The van der Waals surface area contributed by atoms with Gasteiger partial charge in [0.1, 0.15) is 5.02 Å². The molecule has 0 amide bonds. The van der Waals surface area contributed by atoms with Crippen LogP contribution in [0, 0.1) is 0 Å². The zero-order chi connectivity index (χ0) is 17.0. The zero-order valence-corrected chi connectivity index (χ0v) is 13.4. The standard InChI is InChI=1S/C15H16ClF3N4/c1-23(2)14-21-12(15(17,18)19)11(16)13(22-14)20-9-8-10-6-4-3-5-7-10/h3-7H,8-9H2,1-2H3,(H,20,21,22). The van der Waals surface area contributed by atoms with Crippen molar-refractivity contribution in [1.29, 1.82) is 0 Å². The van der Waals surface area contributed by atoms with Crippen molar-refractivity contribution in [3.63, 3.8) is 0 Å². The molecule has 0 bridgehead atoms. The quantitative estimate of drug-likeness (QED) is 0.894. The third-order valence-electron chi connectivity index (χ3n) is 3.06. The van der Waals surface area contributed by atoms with Gasteiger partial charge in [0.25, 0.3) is 0 Å². The first kappa shape index (κ1) is 17.3. The first-order valence-electron chi connectivity index (χ1n) is 6.89. The Balaban J connectivity index is 2.21. The molecular weight excluding hydrogens is 329 g/mol. The van der Waals surface area contributed by atoms with Crippen LogP contribution in [0.1, 0.15) is 11.3 Å². The first-order chi connectivity index (χ1) is 10.8. The molecule has 2 rings (SSSR count). The summed E-state index contributed by atoms with van der Waals surface area (Å²) in [5, 5.41) is 2.34. The molecule has 0 saturated carbocycles. The van der Waals surface area contributed by atoms with E-state index < -0.39 is 16.9 Å². The van der Waals surface area contributed by atoms with Crippen LogP contribution in [-0.4, -0.2) is 30.6 Å². The molecule has 8 heteroatoms. The second-order valence-electron chi connectivity index (χ2n) is 5.09. The molecular formula is C15H16ClF3N4. The van der Waals surface area contributed by atoms with Crippen molar-refractivity contribution in [2.75, 3.05) is 30.9 Å². The summed E-state index contributed by atoms with van der Waals surface area (Å²) in [5.74, 6) is -0.0717. The minimum absolute atomic E-state index is 0.0198. The summed E-state index contributed by atoms with van der Waals surface area (Å²) in [7, 11) is 3.13. The molecule has 2 aromatic rings. The van der Waals surface area contributed by atoms with Gasteiger partial charge in [-0.3, -0.25) is 0 Å². The van der Waals surface area contributed by atoms with Gasteiger partial charge in [0.05, 0.1) is 0 Å². The normalized spacial score (nSPS) is 11.4. The Morgan fingerprint density at radius 2 is 1.78 bits per heavy atom. The number of anilines is 2. The van der Waals surface area contributed by atoms with Crippen LogP contribution >= 0.6 is 11.6 Å². The molecule has 23 heavy (non-hydrogen) atoms. The van der Waals surface area contributed by atoms with E-state index >= 15 is 0 Å². The number of benzene rings is 1. The molecule has 0 fully saturated rings. The lowest BCUT2D eigenvalue weighted by molar-refractivity contribution is -0.141. The number of halogens is 4. The van der Waals surface area contributed by atoms with E-state index in [4.69, 9.17) is 11.6 Å². The summed E-state index contributed by atoms with van der Waals surface area (Å²) in [6.07, 6.45) is -4.00. The van der Waals surface area contributed by atoms with E-state index in [0.29, 0.717) is 13.0 Å². The van der Waals surface area contributed by atoms with Crippen molar-refractivity contribution in [2.45, 2.75) is 12.6 Å². The van der Waals surface area contributed by atoms with Crippen molar-refractivity contribution in [2.24, 2.45) is 0 Å².